The zero-order valence-corrected chi connectivity index (χ0v) is 16.1. The summed E-state index contributed by atoms with van der Waals surface area (Å²) in [4.78, 5) is 33.8. The summed E-state index contributed by atoms with van der Waals surface area (Å²) in [7, 11) is 0. The number of carbonyl (C=O) groups excluding carboxylic acids is 2. The minimum atomic E-state index is -0.507. The first kappa shape index (κ1) is 18.9. The van der Waals surface area contributed by atoms with Gasteiger partial charge in [0.2, 0.25) is 5.91 Å². The van der Waals surface area contributed by atoms with Gasteiger partial charge in [-0.25, -0.2) is 0 Å². The molecule has 3 aromatic rings. The van der Waals surface area contributed by atoms with Crippen LogP contribution in [0.2, 0.25) is 0 Å². The molecule has 9 nitrogen and oxygen atoms in total. The monoisotopic (exact) mass is 394 g/mol. The molecular weight excluding hydrogens is 372 g/mol. The minimum absolute atomic E-state index is 0.0658. The highest BCUT2D eigenvalue weighted by molar-refractivity contribution is 5.94. The Morgan fingerprint density at radius 2 is 2.00 bits per heavy atom. The standard InChI is InChI=1S/C20H22N6O3/c1-15-22-19(29-23-15)17-13-24(18(27)14-25-11-5-9-21-25)10-6-12-26(17)20(28)16-7-3-2-4-8-16/h2-5,7-9,11,17H,6,10,12-14H2,1H3. The van der Waals surface area contributed by atoms with Gasteiger partial charge in [0, 0.05) is 31.0 Å². The van der Waals surface area contributed by atoms with Crippen LogP contribution < -0.4 is 0 Å². The van der Waals surface area contributed by atoms with Crippen molar-refractivity contribution >= 4 is 11.8 Å². The molecule has 1 aliphatic heterocycles. The van der Waals surface area contributed by atoms with Gasteiger partial charge in [-0.15, -0.1) is 0 Å². The van der Waals surface area contributed by atoms with Gasteiger partial charge >= 0.3 is 0 Å². The SMILES string of the molecule is Cc1noc(C2CN(C(=O)Cn3cccn3)CCCN2C(=O)c2ccccc2)n1. The van der Waals surface area contributed by atoms with Crippen LogP contribution in [0.5, 0.6) is 0 Å². The molecule has 1 unspecified atom stereocenters. The third kappa shape index (κ3) is 4.18. The van der Waals surface area contributed by atoms with E-state index in [1.807, 2.05) is 18.2 Å². The Kier molecular flexibility index (Phi) is 5.37. The highest BCUT2D eigenvalue weighted by Gasteiger charge is 2.35. The largest absolute Gasteiger partial charge is 0.338 e. The van der Waals surface area contributed by atoms with Gasteiger partial charge in [0.15, 0.2) is 5.82 Å². The van der Waals surface area contributed by atoms with Crippen molar-refractivity contribution in [3.8, 4) is 0 Å². The minimum Gasteiger partial charge on any atom is -0.338 e. The molecule has 0 bridgehead atoms. The fourth-order valence-electron chi connectivity index (χ4n) is 3.49. The molecule has 0 spiro atoms. The van der Waals surface area contributed by atoms with Gasteiger partial charge in [-0.1, -0.05) is 23.4 Å². The van der Waals surface area contributed by atoms with E-state index < -0.39 is 6.04 Å². The van der Waals surface area contributed by atoms with Crippen LogP contribution in [0.15, 0.2) is 53.3 Å². The Hall–Kier alpha value is -3.49. The van der Waals surface area contributed by atoms with Crippen molar-refractivity contribution in [1.82, 2.24) is 29.7 Å². The fraction of sp³-hybridized carbons (Fsp3) is 0.350. The molecule has 0 N–H and O–H groups in total. The van der Waals surface area contributed by atoms with Gasteiger partial charge < -0.3 is 14.3 Å². The molecule has 2 amide bonds. The predicted octanol–water partition coefficient (Wildman–Crippen LogP) is 1.69. The number of carbonyl (C=O) groups is 2. The molecule has 1 saturated heterocycles. The van der Waals surface area contributed by atoms with Crippen molar-refractivity contribution in [2.75, 3.05) is 19.6 Å². The van der Waals surface area contributed by atoms with Crippen molar-refractivity contribution in [1.29, 1.82) is 0 Å². The van der Waals surface area contributed by atoms with Crippen LogP contribution in [-0.4, -0.2) is 61.2 Å². The number of nitrogens with zero attached hydrogens (tertiary/aromatic N) is 6. The van der Waals surface area contributed by atoms with Gasteiger partial charge in [-0.3, -0.25) is 14.3 Å². The predicted molar refractivity (Wildman–Crippen MR) is 103 cm³/mol. The summed E-state index contributed by atoms with van der Waals surface area (Å²) in [6, 6.07) is 10.4. The van der Waals surface area contributed by atoms with Crippen LogP contribution in [0.3, 0.4) is 0 Å². The summed E-state index contributed by atoms with van der Waals surface area (Å²) in [5.41, 5.74) is 0.588. The first-order valence-electron chi connectivity index (χ1n) is 9.53. The molecule has 1 aromatic carbocycles. The second-order valence-corrected chi connectivity index (χ2v) is 6.96. The number of benzene rings is 1. The molecular formula is C20H22N6O3. The van der Waals surface area contributed by atoms with Gasteiger partial charge in [0.25, 0.3) is 11.8 Å². The van der Waals surface area contributed by atoms with E-state index in [1.165, 1.54) is 0 Å². The summed E-state index contributed by atoms with van der Waals surface area (Å²) < 4.78 is 6.99. The molecule has 150 valence electrons. The number of rotatable bonds is 4. The van der Waals surface area contributed by atoms with Gasteiger partial charge in [0.1, 0.15) is 12.6 Å². The number of aryl methyl sites for hydroxylation is 1. The number of aromatic nitrogens is 4. The van der Waals surface area contributed by atoms with Gasteiger partial charge in [0.05, 0.1) is 6.54 Å². The maximum atomic E-state index is 13.2. The van der Waals surface area contributed by atoms with Crippen LogP contribution in [0.25, 0.3) is 0 Å². The maximum absolute atomic E-state index is 13.2. The number of amides is 2. The van der Waals surface area contributed by atoms with E-state index in [0.29, 0.717) is 43.3 Å². The number of hydrogen-bond acceptors (Lipinski definition) is 6. The quantitative estimate of drug-likeness (QED) is 0.668. The van der Waals surface area contributed by atoms with Crippen LogP contribution in [-0.2, 0) is 11.3 Å². The molecule has 1 fully saturated rings. The summed E-state index contributed by atoms with van der Waals surface area (Å²) >= 11 is 0. The van der Waals surface area contributed by atoms with E-state index in [1.54, 1.807) is 52.0 Å². The average molecular weight is 394 g/mol. The second-order valence-electron chi connectivity index (χ2n) is 6.96. The van der Waals surface area contributed by atoms with Crippen LogP contribution in [0, 0.1) is 6.92 Å². The van der Waals surface area contributed by atoms with Crippen molar-refractivity contribution < 1.29 is 14.1 Å². The van der Waals surface area contributed by atoms with E-state index >= 15 is 0 Å². The first-order chi connectivity index (χ1) is 14.1. The molecule has 29 heavy (non-hydrogen) atoms. The molecule has 4 rings (SSSR count). The van der Waals surface area contributed by atoms with E-state index in [2.05, 4.69) is 15.2 Å². The van der Waals surface area contributed by atoms with E-state index in [9.17, 15) is 9.59 Å². The van der Waals surface area contributed by atoms with E-state index in [-0.39, 0.29) is 18.4 Å². The number of hydrogen-bond donors (Lipinski definition) is 0. The second kappa shape index (κ2) is 8.26. The lowest BCUT2D eigenvalue weighted by Crippen LogP contribution is -2.41. The summed E-state index contributed by atoms with van der Waals surface area (Å²) in [6.07, 6.45) is 4.05. The van der Waals surface area contributed by atoms with Crippen LogP contribution in [0.1, 0.15) is 34.5 Å². The molecule has 3 heterocycles. The van der Waals surface area contributed by atoms with Gasteiger partial charge in [-0.05, 0) is 31.5 Å². The third-order valence-electron chi connectivity index (χ3n) is 4.92. The third-order valence-corrected chi connectivity index (χ3v) is 4.92. The summed E-state index contributed by atoms with van der Waals surface area (Å²) in [6.45, 7) is 3.21. The fourth-order valence-corrected chi connectivity index (χ4v) is 3.49. The summed E-state index contributed by atoms with van der Waals surface area (Å²) in [5, 5.41) is 7.98. The Morgan fingerprint density at radius 3 is 2.69 bits per heavy atom. The normalized spacial score (nSPS) is 17.2. The highest BCUT2D eigenvalue weighted by Crippen LogP contribution is 2.26. The van der Waals surface area contributed by atoms with Crippen LogP contribution >= 0.6 is 0 Å². The van der Waals surface area contributed by atoms with Crippen molar-refractivity contribution in [3.63, 3.8) is 0 Å². The Bertz CT molecular complexity index is 969. The molecule has 1 atom stereocenters. The van der Waals surface area contributed by atoms with E-state index in [0.717, 1.165) is 0 Å². The van der Waals surface area contributed by atoms with Gasteiger partial charge in [-0.2, -0.15) is 10.1 Å². The smallest absolute Gasteiger partial charge is 0.254 e. The topological polar surface area (TPSA) is 97.4 Å². The van der Waals surface area contributed by atoms with Crippen molar-refractivity contribution in [2.45, 2.75) is 25.9 Å². The lowest BCUT2D eigenvalue weighted by Gasteiger charge is -2.29. The van der Waals surface area contributed by atoms with Crippen LogP contribution in [0.4, 0.5) is 0 Å². The highest BCUT2D eigenvalue weighted by atomic mass is 16.5. The zero-order chi connectivity index (χ0) is 20.2. The lowest BCUT2D eigenvalue weighted by atomic mass is 10.1. The molecule has 0 radical (unpaired) electrons. The van der Waals surface area contributed by atoms with E-state index in [4.69, 9.17) is 4.52 Å². The first-order valence-corrected chi connectivity index (χ1v) is 9.53. The average Bonchev–Trinajstić information content (AvgIpc) is 3.34. The zero-order valence-electron chi connectivity index (χ0n) is 16.1. The molecule has 0 aliphatic carbocycles. The summed E-state index contributed by atoms with van der Waals surface area (Å²) in [5.74, 6) is 0.646. The Labute approximate surface area is 167 Å². The van der Waals surface area contributed by atoms with Crippen molar-refractivity contribution in [3.05, 3.63) is 66.1 Å². The van der Waals surface area contributed by atoms with Crippen molar-refractivity contribution in [2.24, 2.45) is 0 Å². The lowest BCUT2D eigenvalue weighted by molar-refractivity contribution is -0.132. The Morgan fingerprint density at radius 1 is 1.17 bits per heavy atom. The molecule has 2 aromatic heterocycles. The molecule has 0 saturated carbocycles. The molecule has 9 heteroatoms. The maximum Gasteiger partial charge on any atom is 0.254 e. The Balaban J connectivity index is 1.60. The molecule has 1 aliphatic rings.